The van der Waals surface area contributed by atoms with Crippen LogP contribution in [0.5, 0.6) is 11.6 Å². The summed E-state index contributed by atoms with van der Waals surface area (Å²) in [4.78, 5) is 24.2. The summed E-state index contributed by atoms with van der Waals surface area (Å²) < 4.78 is 36.0. The van der Waals surface area contributed by atoms with E-state index in [9.17, 15) is 23.1 Å². The van der Waals surface area contributed by atoms with Crippen molar-refractivity contribution in [2.24, 2.45) is 5.41 Å². The number of benzene rings is 2. The van der Waals surface area contributed by atoms with Crippen molar-refractivity contribution in [3.8, 4) is 17.3 Å². The average molecular weight is 543 g/mol. The average Bonchev–Trinajstić information content (AvgIpc) is 3.16. The molecule has 1 heterocycles. The Morgan fingerprint density at radius 1 is 1.08 bits per heavy atom. The first-order valence-electron chi connectivity index (χ1n) is 12.3. The zero-order chi connectivity index (χ0) is 28.3. The maximum absolute atomic E-state index is 13.6. The Hall–Kier alpha value is -3.70. The van der Waals surface area contributed by atoms with Crippen LogP contribution in [0.4, 0.5) is 5.69 Å². The predicted molar refractivity (Wildman–Crippen MR) is 145 cm³/mol. The molecule has 11 heteroatoms. The molecule has 204 valence electrons. The van der Waals surface area contributed by atoms with Crippen molar-refractivity contribution >= 4 is 27.6 Å². The monoisotopic (exact) mass is 542 g/mol. The van der Waals surface area contributed by atoms with Gasteiger partial charge < -0.3 is 15.2 Å². The molecule has 0 aliphatic carbocycles. The third-order valence-corrected chi connectivity index (χ3v) is 7.79. The third-order valence-electron chi connectivity index (χ3n) is 5.72. The van der Waals surface area contributed by atoms with Crippen LogP contribution in [0.15, 0.2) is 53.4 Å². The second kappa shape index (κ2) is 11.4. The first-order valence-corrected chi connectivity index (χ1v) is 13.7. The second-order valence-corrected chi connectivity index (χ2v) is 11.9. The number of hydrogen-bond acceptors (Lipinski definition) is 6. The Bertz CT molecular complexity index is 1420. The van der Waals surface area contributed by atoms with Gasteiger partial charge in [-0.15, -0.1) is 0 Å². The fraction of sp³-hybridized carbons (Fsp3) is 0.370. The summed E-state index contributed by atoms with van der Waals surface area (Å²) >= 11 is 0. The molecular weight excluding hydrogens is 508 g/mol. The van der Waals surface area contributed by atoms with Gasteiger partial charge in [0.05, 0.1) is 5.69 Å². The normalized spacial score (nSPS) is 12.0. The van der Waals surface area contributed by atoms with Crippen molar-refractivity contribution in [3.05, 3.63) is 59.8 Å². The van der Waals surface area contributed by atoms with Crippen LogP contribution >= 0.6 is 0 Å². The molecule has 3 aromatic rings. The Kier molecular flexibility index (Phi) is 8.63. The second-order valence-electron chi connectivity index (χ2n) is 9.97. The van der Waals surface area contributed by atoms with Crippen LogP contribution in [0.2, 0.25) is 0 Å². The predicted octanol–water partition coefficient (Wildman–Crippen LogP) is 5.08. The van der Waals surface area contributed by atoms with Gasteiger partial charge in [0.25, 0.3) is 0 Å². The molecule has 0 aliphatic heterocycles. The lowest BCUT2D eigenvalue weighted by Gasteiger charge is -2.22. The van der Waals surface area contributed by atoms with Gasteiger partial charge in [-0.1, -0.05) is 52.8 Å². The van der Waals surface area contributed by atoms with Crippen molar-refractivity contribution in [1.29, 1.82) is 0 Å². The molecule has 0 unspecified atom stereocenters. The Morgan fingerprint density at radius 2 is 1.71 bits per heavy atom. The van der Waals surface area contributed by atoms with Gasteiger partial charge in [0.1, 0.15) is 10.6 Å². The summed E-state index contributed by atoms with van der Waals surface area (Å²) in [5, 5.41) is 16.6. The summed E-state index contributed by atoms with van der Waals surface area (Å²) in [5.74, 6) is -1.45. The lowest BCUT2D eigenvalue weighted by atomic mass is 9.92. The molecule has 2 N–H and O–H groups in total. The largest absolute Gasteiger partial charge is 0.476 e. The van der Waals surface area contributed by atoms with Crippen LogP contribution in [0.1, 0.15) is 57.1 Å². The summed E-state index contributed by atoms with van der Waals surface area (Å²) in [6, 6.07) is 13.2. The molecule has 0 radical (unpaired) electrons. The number of sulfonamides is 1. The standard InChI is InChI=1S/C27H34N4O6S/c1-7-30(8-2)38(35,36)22-16-19(28-23(32)17-27(4,5)6)14-15-21(22)37-25-18(3)24(26(33)34)29-31(25)20-12-10-9-11-13-20/h9-16H,7-8,17H2,1-6H3,(H,28,32)(H,33,34). The maximum atomic E-state index is 13.6. The molecule has 0 spiro atoms. The molecule has 0 bridgehead atoms. The zero-order valence-electron chi connectivity index (χ0n) is 22.5. The highest BCUT2D eigenvalue weighted by molar-refractivity contribution is 7.89. The topological polar surface area (TPSA) is 131 Å². The van der Waals surface area contributed by atoms with Crippen molar-refractivity contribution in [2.45, 2.75) is 52.9 Å². The van der Waals surface area contributed by atoms with Gasteiger partial charge in [0.2, 0.25) is 21.8 Å². The van der Waals surface area contributed by atoms with Crippen LogP contribution in [0, 0.1) is 12.3 Å². The number of ether oxygens (including phenoxy) is 1. The van der Waals surface area contributed by atoms with Crippen LogP contribution < -0.4 is 10.1 Å². The molecule has 0 atom stereocenters. The molecule has 0 fully saturated rings. The Morgan fingerprint density at radius 3 is 2.26 bits per heavy atom. The van der Waals surface area contributed by atoms with E-state index in [4.69, 9.17) is 4.74 Å². The van der Waals surface area contributed by atoms with Crippen LogP contribution in [-0.2, 0) is 14.8 Å². The molecule has 2 aromatic carbocycles. The molecule has 38 heavy (non-hydrogen) atoms. The van der Waals surface area contributed by atoms with Crippen molar-refractivity contribution in [1.82, 2.24) is 14.1 Å². The maximum Gasteiger partial charge on any atom is 0.356 e. The Balaban J connectivity index is 2.16. The quantitative estimate of drug-likeness (QED) is 0.365. The number of carbonyl (C=O) groups is 2. The highest BCUT2D eigenvalue weighted by atomic mass is 32.2. The van der Waals surface area contributed by atoms with Gasteiger partial charge in [-0.25, -0.2) is 13.2 Å². The number of carboxylic acid groups (broad SMARTS) is 1. The lowest BCUT2D eigenvalue weighted by molar-refractivity contribution is -0.117. The van der Waals surface area contributed by atoms with Gasteiger partial charge in [0, 0.05) is 30.8 Å². The SMILES string of the molecule is CCN(CC)S(=O)(=O)c1cc(NC(=O)CC(C)(C)C)ccc1Oc1c(C)c(C(=O)O)nn1-c1ccccc1. The van der Waals surface area contributed by atoms with Gasteiger partial charge in [0.15, 0.2) is 5.69 Å². The fourth-order valence-corrected chi connectivity index (χ4v) is 5.51. The Labute approximate surface area is 223 Å². The number of anilines is 1. The van der Waals surface area contributed by atoms with E-state index < -0.39 is 16.0 Å². The van der Waals surface area contributed by atoms with E-state index in [-0.39, 0.29) is 58.6 Å². The molecule has 0 saturated carbocycles. The van der Waals surface area contributed by atoms with Gasteiger partial charge in [-0.05, 0) is 42.7 Å². The van der Waals surface area contributed by atoms with Crippen LogP contribution in [0.3, 0.4) is 0 Å². The fourth-order valence-electron chi connectivity index (χ4n) is 3.91. The number of nitrogens with one attached hydrogen (secondary N) is 1. The summed E-state index contributed by atoms with van der Waals surface area (Å²) in [7, 11) is -4.03. The first kappa shape index (κ1) is 28.9. The smallest absolute Gasteiger partial charge is 0.356 e. The van der Waals surface area contributed by atoms with E-state index >= 15 is 0 Å². The van der Waals surface area contributed by atoms with E-state index in [2.05, 4.69) is 10.4 Å². The number of para-hydroxylation sites is 1. The summed E-state index contributed by atoms with van der Waals surface area (Å²) in [6.45, 7) is 11.3. The highest BCUT2D eigenvalue weighted by Crippen LogP contribution is 2.36. The van der Waals surface area contributed by atoms with Crippen molar-refractivity contribution in [3.63, 3.8) is 0 Å². The van der Waals surface area contributed by atoms with Crippen LogP contribution in [-0.4, -0.2) is 52.6 Å². The lowest BCUT2D eigenvalue weighted by Crippen LogP contribution is -2.31. The number of rotatable bonds is 10. The number of carbonyl (C=O) groups excluding carboxylic acids is 1. The molecule has 10 nitrogen and oxygen atoms in total. The molecule has 1 amide bonds. The minimum Gasteiger partial charge on any atom is -0.476 e. The van der Waals surface area contributed by atoms with E-state index in [0.29, 0.717) is 11.4 Å². The van der Waals surface area contributed by atoms with Crippen molar-refractivity contribution in [2.75, 3.05) is 18.4 Å². The number of carboxylic acids is 1. The molecule has 3 rings (SSSR count). The van der Waals surface area contributed by atoms with E-state index in [1.807, 2.05) is 20.8 Å². The number of amides is 1. The van der Waals surface area contributed by atoms with Crippen molar-refractivity contribution < 1.29 is 27.9 Å². The summed E-state index contributed by atoms with van der Waals surface area (Å²) in [5.41, 5.74) is 0.602. The number of aromatic nitrogens is 2. The number of aromatic carboxylic acids is 1. The minimum atomic E-state index is -4.03. The molecular formula is C27H34N4O6S. The number of hydrogen-bond donors (Lipinski definition) is 2. The first-order chi connectivity index (χ1) is 17.8. The van der Waals surface area contributed by atoms with E-state index in [1.165, 1.54) is 21.1 Å². The number of nitrogens with zero attached hydrogens (tertiary/aromatic N) is 3. The van der Waals surface area contributed by atoms with E-state index in [0.717, 1.165) is 0 Å². The molecule has 0 saturated heterocycles. The molecule has 0 aliphatic rings. The highest BCUT2D eigenvalue weighted by Gasteiger charge is 2.29. The third kappa shape index (κ3) is 6.40. The zero-order valence-corrected chi connectivity index (χ0v) is 23.3. The van der Waals surface area contributed by atoms with E-state index in [1.54, 1.807) is 57.2 Å². The minimum absolute atomic E-state index is 0.0251. The van der Waals surface area contributed by atoms with Gasteiger partial charge >= 0.3 is 5.97 Å². The summed E-state index contributed by atoms with van der Waals surface area (Å²) in [6.07, 6.45) is 0.247. The molecule has 1 aromatic heterocycles. The van der Waals surface area contributed by atoms with Gasteiger partial charge in [-0.3, -0.25) is 4.79 Å². The van der Waals surface area contributed by atoms with Gasteiger partial charge in [-0.2, -0.15) is 14.1 Å². The van der Waals surface area contributed by atoms with Crippen LogP contribution in [0.25, 0.3) is 5.69 Å².